The number of anilines is 1. The Labute approximate surface area is 211 Å². The number of carbonyl (C=O) groups is 2. The van der Waals surface area contributed by atoms with Gasteiger partial charge in [-0.2, -0.15) is 0 Å². The van der Waals surface area contributed by atoms with Crippen LogP contribution in [-0.4, -0.2) is 64.8 Å². The number of nitrogens with one attached hydrogen (secondary N) is 1. The first-order chi connectivity index (χ1) is 17.2. The lowest BCUT2D eigenvalue weighted by molar-refractivity contribution is -0.00386. The van der Waals surface area contributed by atoms with E-state index in [-0.39, 0.29) is 24.8 Å². The maximum absolute atomic E-state index is 12.9. The van der Waals surface area contributed by atoms with Crippen LogP contribution in [-0.2, 0) is 16.1 Å². The summed E-state index contributed by atoms with van der Waals surface area (Å²) in [6, 6.07) is 15.1. The number of ether oxygens (including phenoxy) is 2. The van der Waals surface area contributed by atoms with Gasteiger partial charge in [0, 0.05) is 44.9 Å². The molecule has 1 aliphatic rings. The molecule has 0 spiro atoms. The minimum atomic E-state index is -0.601. The highest BCUT2D eigenvalue weighted by Crippen LogP contribution is 2.22. The van der Waals surface area contributed by atoms with Gasteiger partial charge in [-0.15, -0.1) is 0 Å². The number of hydrogen-bond donors (Lipinski definition) is 1. The second-order valence-electron chi connectivity index (χ2n) is 9.94. The molecule has 192 valence electrons. The Morgan fingerprint density at radius 1 is 1.11 bits per heavy atom. The summed E-state index contributed by atoms with van der Waals surface area (Å²) in [5.74, 6) is 0.622. The molecule has 3 aromatic rings. The lowest BCUT2D eigenvalue weighted by Gasteiger charge is -2.41. The molecule has 1 aliphatic heterocycles. The second-order valence-corrected chi connectivity index (χ2v) is 9.94. The molecule has 1 fully saturated rings. The van der Waals surface area contributed by atoms with Crippen LogP contribution in [0.25, 0.3) is 11.1 Å². The maximum atomic E-state index is 12.9. The quantitative estimate of drug-likeness (QED) is 0.503. The van der Waals surface area contributed by atoms with Gasteiger partial charge in [0.15, 0.2) is 11.5 Å². The minimum Gasteiger partial charge on any atom is -0.445 e. The fourth-order valence-electron chi connectivity index (χ4n) is 4.17. The Kier molecular flexibility index (Phi) is 7.67. The summed E-state index contributed by atoms with van der Waals surface area (Å²) >= 11 is 0. The van der Waals surface area contributed by atoms with Gasteiger partial charge < -0.3 is 29.0 Å². The monoisotopic (exact) mass is 494 g/mol. The van der Waals surface area contributed by atoms with Crippen molar-refractivity contribution in [1.29, 1.82) is 0 Å². The lowest BCUT2D eigenvalue weighted by atomic mass is 10.1. The molecular formula is C27H34N4O5. The van der Waals surface area contributed by atoms with Crippen LogP contribution in [0, 0.1) is 6.92 Å². The summed E-state index contributed by atoms with van der Waals surface area (Å²) in [5, 5.41) is 3.39. The topological polar surface area (TPSA) is 97.1 Å². The van der Waals surface area contributed by atoms with Crippen molar-refractivity contribution in [3.05, 3.63) is 60.0 Å². The van der Waals surface area contributed by atoms with Gasteiger partial charge in [-0.1, -0.05) is 30.3 Å². The SMILES string of the molecule is Cc1nc2ccc(NCC[C@@H]3CN(C(=O)OCc4ccccc4)CCN3C(=O)OC(C)(C)C)cc2o1. The lowest BCUT2D eigenvalue weighted by Crippen LogP contribution is -2.57. The number of fused-ring (bicyclic) bond motifs is 1. The molecule has 9 heteroatoms. The molecule has 9 nitrogen and oxygen atoms in total. The molecule has 1 saturated heterocycles. The first-order valence-electron chi connectivity index (χ1n) is 12.2. The smallest absolute Gasteiger partial charge is 0.410 e. The van der Waals surface area contributed by atoms with Crippen molar-refractivity contribution in [3.63, 3.8) is 0 Å². The molecule has 36 heavy (non-hydrogen) atoms. The van der Waals surface area contributed by atoms with Crippen molar-refractivity contribution in [2.24, 2.45) is 0 Å². The Morgan fingerprint density at radius 2 is 1.89 bits per heavy atom. The Bertz CT molecular complexity index is 1190. The van der Waals surface area contributed by atoms with Gasteiger partial charge >= 0.3 is 12.2 Å². The molecule has 2 aromatic carbocycles. The number of benzene rings is 2. The molecule has 2 amide bonds. The zero-order valence-electron chi connectivity index (χ0n) is 21.3. The van der Waals surface area contributed by atoms with Gasteiger partial charge in [0.2, 0.25) is 0 Å². The van der Waals surface area contributed by atoms with Crippen molar-refractivity contribution in [2.75, 3.05) is 31.5 Å². The normalized spacial score (nSPS) is 16.2. The van der Waals surface area contributed by atoms with E-state index >= 15 is 0 Å². The number of piperazine rings is 1. The largest absolute Gasteiger partial charge is 0.445 e. The predicted octanol–water partition coefficient (Wildman–Crippen LogP) is 5.20. The first-order valence-corrected chi connectivity index (χ1v) is 12.2. The average Bonchev–Trinajstić information content (AvgIpc) is 3.21. The summed E-state index contributed by atoms with van der Waals surface area (Å²) < 4.78 is 16.8. The molecule has 2 heterocycles. The van der Waals surface area contributed by atoms with E-state index in [9.17, 15) is 9.59 Å². The molecule has 0 radical (unpaired) electrons. The van der Waals surface area contributed by atoms with Crippen LogP contribution in [0.3, 0.4) is 0 Å². The van der Waals surface area contributed by atoms with E-state index in [1.165, 1.54) is 0 Å². The van der Waals surface area contributed by atoms with Crippen LogP contribution in [0.1, 0.15) is 38.6 Å². The molecule has 0 saturated carbocycles. The second kappa shape index (κ2) is 10.9. The van der Waals surface area contributed by atoms with Crippen LogP contribution in [0.5, 0.6) is 0 Å². The third-order valence-corrected chi connectivity index (χ3v) is 5.88. The van der Waals surface area contributed by atoms with Crippen molar-refractivity contribution >= 4 is 29.0 Å². The first kappa shape index (κ1) is 25.3. The molecule has 0 bridgehead atoms. The number of aryl methyl sites for hydroxylation is 1. The minimum absolute atomic E-state index is 0.210. The Morgan fingerprint density at radius 3 is 2.64 bits per heavy atom. The zero-order valence-corrected chi connectivity index (χ0v) is 21.3. The van der Waals surface area contributed by atoms with Crippen LogP contribution < -0.4 is 5.32 Å². The molecule has 4 rings (SSSR count). The summed E-state index contributed by atoms with van der Waals surface area (Å²) in [6.07, 6.45) is -0.134. The molecular weight excluding hydrogens is 460 g/mol. The fourth-order valence-corrected chi connectivity index (χ4v) is 4.17. The van der Waals surface area contributed by atoms with Crippen molar-refractivity contribution < 1.29 is 23.5 Å². The van der Waals surface area contributed by atoms with Crippen LogP contribution in [0.2, 0.25) is 0 Å². The highest BCUT2D eigenvalue weighted by Gasteiger charge is 2.35. The highest BCUT2D eigenvalue weighted by atomic mass is 16.6. The van der Waals surface area contributed by atoms with Crippen molar-refractivity contribution in [2.45, 2.75) is 52.4 Å². The maximum Gasteiger partial charge on any atom is 0.410 e. The number of amides is 2. The highest BCUT2D eigenvalue weighted by molar-refractivity contribution is 5.77. The standard InChI is InChI=1S/C27H34N4O5/c1-19-29-23-11-10-21(16-24(23)35-19)28-13-12-22-17-30(14-15-31(22)26(33)36-27(2,3)4)25(32)34-18-20-8-6-5-7-9-20/h5-11,16,22,28H,12-15,17-18H2,1-4H3/t22-/m1/s1. The molecule has 0 unspecified atom stereocenters. The van der Waals surface area contributed by atoms with Crippen LogP contribution >= 0.6 is 0 Å². The van der Waals surface area contributed by atoms with Crippen LogP contribution in [0.4, 0.5) is 15.3 Å². The van der Waals surface area contributed by atoms with Crippen molar-refractivity contribution in [1.82, 2.24) is 14.8 Å². The number of rotatable bonds is 6. The van der Waals surface area contributed by atoms with E-state index < -0.39 is 5.60 Å². The third kappa shape index (κ3) is 6.68. The van der Waals surface area contributed by atoms with E-state index in [1.54, 1.807) is 9.80 Å². The number of carbonyl (C=O) groups excluding carboxylic acids is 2. The van der Waals surface area contributed by atoms with E-state index in [2.05, 4.69) is 10.3 Å². The molecule has 1 N–H and O–H groups in total. The zero-order chi connectivity index (χ0) is 25.7. The number of nitrogens with zero attached hydrogens (tertiary/aromatic N) is 3. The average molecular weight is 495 g/mol. The number of hydrogen-bond acceptors (Lipinski definition) is 7. The molecule has 1 aromatic heterocycles. The summed E-state index contributed by atoms with van der Waals surface area (Å²) in [4.78, 5) is 33.4. The van der Waals surface area contributed by atoms with E-state index in [0.717, 1.165) is 22.4 Å². The summed E-state index contributed by atoms with van der Waals surface area (Å²) in [6.45, 7) is 9.30. The molecule has 1 atom stereocenters. The number of oxazole rings is 1. The summed E-state index contributed by atoms with van der Waals surface area (Å²) in [7, 11) is 0. The van der Waals surface area contributed by atoms with Crippen molar-refractivity contribution in [3.8, 4) is 0 Å². The van der Waals surface area contributed by atoms with E-state index in [1.807, 2.05) is 76.2 Å². The van der Waals surface area contributed by atoms with Gasteiger partial charge in [-0.05, 0) is 44.9 Å². The Balaban J connectivity index is 1.38. The number of aromatic nitrogens is 1. The van der Waals surface area contributed by atoms with Gasteiger partial charge in [-0.3, -0.25) is 0 Å². The third-order valence-electron chi connectivity index (χ3n) is 5.88. The summed E-state index contributed by atoms with van der Waals surface area (Å²) in [5.41, 5.74) is 2.76. The van der Waals surface area contributed by atoms with Gasteiger partial charge in [0.05, 0.1) is 6.04 Å². The van der Waals surface area contributed by atoms with Gasteiger partial charge in [0.1, 0.15) is 17.7 Å². The van der Waals surface area contributed by atoms with E-state index in [4.69, 9.17) is 13.9 Å². The predicted molar refractivity (Wildman–Crippen MR) is 137 cm³/mol. The van der Waals surface area contributed by atoms with Crippen LogP contribution in [0.15, 0.2) is 52.9 Å². The molecule has 0 aliphatic carbocycles. The van der Waals surface area contributed by atoms with E-state index in [0.29, 0.717) is 38.5 Å². The van der Waals surface area contributed by atoms with Gasteiger partial charge in [-0.25, -0.2) is 14.6 Å². The fraction of sp³-hybridized carbons (Fsp3) is 0.444. The van der Waals surface area contributed by atoms with Gasteiger partial charge in [0.25, 0.3) is 0 Å². The Hall–Kier alpha value is -3.75.